The number of hydrogen-bond acceptors (Lipinski definition) is 4. The first-order valence-electron chi connectivity index (χ1n) is 7.49. The van der Waals surface area contributed by atoms with E-state index in [9.17, 15) is 18.4 Å². The van der Waals surface area contributed by atoms with Crippen LogP contribution in [0.3, 0.4) is 0 Å². The molecule has 1 N–H and O–H groups in total. The van der Waals surface area contributed by atoms with Crippen LogP contribution in [0.25, 0.3) is 0 Å². The van der Waals surface area contributed by atoms with E-state index in [1.54, 1.807) is 6.92 Å². The van der Waals surface area contributed by atoms with Gasteiger partial charge in [0, 0.05) is 13.6 Å². The van der Waals surface area contributed by atoms with E-state index >= 15 is 0 Å². The Morgan fingerprint density at radius 2 is 2.00 bits per heavy atom. The summed E-state index contributed by atoms with van der Waals surface area (Å²) in [5, 5.41) is 9.17. The third-order valence-electron chi connectivity index (χ3n) is 3.86. The Bertz CT molecular complexity index is 631. The van der Waals surface area contributed by atoms with Gasteiger partial charge in [-0.05, 0) is 37.5 Å². The molecule has 1 saturated carbocycles. The molecule has 1 aliphatic rings. The number of alkyl halides is 2. The Hall–Kier alpha value is -2.38. The Labute approximate surface area is 138 Å². The number of rotatable bonds is 8. The molecule has 0 aromatic heterocycles. The summed E-state index contributed by atoms with van der Waals surface area (Å²) in [6, 6.07) is 4.38. The molecular formula is C16H19F2NO5. The van der Waals surface area contributed by atoms with E-state index in [-0.39, 0.29) is 24.7 Å². The lowest BCUT2D eigenvalue weighted by Crippen LogP contribution is -2.38. The molecule has 1 amide bonds. The molecule has 1 fully saturated rings. The number of carboxylic acid groups (broad SMARTS) is 1. The van der Waals surface area contributed by atoms with E-state index in [2.05, 4.69) is 4.74 Å². The van der Waals surface area contributed by atoms with E-state index in [1.165, 1.54) is 30.1 Å². The maximum atomic E-state index is 12.4. The number of hydrogen-bond donors (Lipinski definition) is 1. The van der Waals surface area contributed by atoms with Crippen LogP contribution in [0.2, 0.25) is 0 Å². The molecule has 1 aliphatic carbocycles. The monoisotopic (exact) mass is 343 g/mol. The summed E-state index contributed by atoms with van der Waals surface area (Å²) >= 11 is 0. The number of carboxylic acids is 1. The largest absolute Gasteiger partial charge is 0.490 e. The highest BCUT2D eigenvalue weighted by Crippen LogP contribution is 2.47. The molecule has 1 aromatic carbocycles. The van der Waals surface area contributed by atoms with Gasteiger partial charge in [0.15, 0.2) is 11.5 Å². The van der Waals surface area contributed by atoms with E-state index in [1.807, 2.05) is 0 Å². The van der Waals surface area contributed by atoms with E-state index in [0.29, 0.717) is 18.4 Å². The van der Waals surface area contributed by atoms with Crippen LogP contribution in [0.5, 0.6) is 11.5 Å². The fourth-order valence-electron chi connectivity index (χ4n) is 2.47. The average Bonchev–Trinajstić information content (AvgIpc) is 3.30. The van der Waals surface area contributed by atoms with Crippen LogP contribution in [0.1, 0.15) is 25.3 Å². The van der Waals surface area contributed by atoms with E-state index < -0.39 is 23.9 Å². The second-order valence-electron chi connectivity index (χ2n) is 5.64. The third-order valence-corrected chi connectivity index (χ3v) is 3.86. The topological polar surface area (TPSA) is 76.1 Å². The molecule has 2 rings (SSSR count). The predicted octanol–water partition coefficient (Wildman–Crippen LogP) is 2.51. The SMILES string of the molecule is CCOc1cc(CN(C)C(=O)C2(C(=O)O)CC2)ccc1OC(F)F. The van der Waals surface area contributed by atoms with Crippen LogP contribution < -0.4 is 9.47 Å². The standard InChI is InChI=1S/C16H19F2NO5/c1-3-23-12-8-10(4-5-11(12)24-15(17)18)9-19(2)13(20)16(6-7-16)14(21)22/h4-5,8,15H,3,6-7,9H2,1-2H3,(H,21,22). The molecule has 8 heteroatoms. The third kappa shape index (κ3) is 3.74. The Morgan fingerprint density at radius 3 is 2.50 bits per heavy atom. The van der Waals surface area contributed by atoms with Gasteiger partial charge in [-0.2, -0.15) is 8.78 Å². The minimum absolute atomic E-state index is 0.0891. The number of carbonyl (C=O) groups is 2. The molecule has 0 saturated heterocycles. The lowest BCUT2D eigenvalue weighted by molar-refractivity contribution is -0.153. The summed E-state index contributed by atoms with van der Waals surface area (Å²) in [6.45, 7) is -0.856. The van der Waals surface area contributed by atoms with Gasteiger partial charge < -0.3 is 19.5 Å². The molecule has 6 nitrogen and oxygen atoms in total. The zero-order valence-corrected chi connectivity index (χ0v) is 13.4. The van der Waals surface area contributed by atoms with Crippen molar-refractivity contribution in [3.8, 4) is 11.5 Å². The Kier molecular flexibility index (Phi) is 5.26. The quantitative estimate of drug-likeness (QED) is 0.734. The van der Waals surface area contributed by atoms with Gasteiger partial charge in [0.05, 0.1) is 6.61 Å². The van der Waals surface area contributed by atoms with Crippen molar-refractivity contribution in [2.45, 2.75) is 32.9 Å². The second-order valence-corrected chi connectivity index (χ2v) is 5.64. The van der Waals surface area contributed by atoms with E-state index in [4.69, 9.17) is 9.84 Å². The molecule has 1 aromatic rings. The number of halogens is 2. The molecule has 0 aliphatic heterocycles. The maximum absolute atomic E-state index is 12.4. The summed E-state index contributed by atoms with van der Waals surface area (Å²) in [6.07, 6.45) is 0.660. The van der Waals surface area contributed by atoms with Crippen molar-refractivity contribution in [1.29, 1.82) is 0 Å². The first-order valence-corrected chi connectivity index (χ1v) is 7.49. The lowest BCUT2D eigenvalue weighted by Gasteiger charge is -2.22. The van der Waals surface area contributed by atoms with E-state index in [0.717, 1.165) is 0 Å². The number of ether oxygens (including phenoxy) is 2. The number of carbonyl (C=O) groups excluding carboxylic acids is 1. The minimum Gasteiger partial charge on any atom is -0.490 e. The number of amides is 1. The molecule has 0 unspecified atom stereocenters. The highest BCUT2D eigenvalue weighted by atomic mass is 19.3. The van der Waals surface area contributed by atoms with Crippen molar-refractivity contribution in [3.05, 3.63) is 23.8 Å². The van der Waals surface area contributed by atoms with Crippen molar-refractivity contribution in [1.82, 2.24) is 4.90 Å². The Balaban J connectivity index is 2.13. The van der Waals surface area contributed by atoms with Gasteiger partial charge in [-0.3, -0.25) is 9.59 Å². The van der Waals surface area contributed by atoms with Crippen molar-refractivity contribution in [3.63, 3.8) is 0 Å². The smallest absolute Gasteiger partial charge is 0.387 e. The van der Waals surface area contributed by atoms with Crippen LogP contribution in [0, 0.1) is 5.41 Å². The highest BCUT2D eigenvalue weighted by molar-refractivity contribution is 6.04. The number of benzene rings is 1. The molecule has 0 heterocycles. The van der Waals surface area contributed by atoms with Crippen molar-refractivity contribution in [2.75, 3.05) is 13.7 Å². The van der Waals surface area contributed by atoms with Crippen molar-refractivity contribution >= 4 is 11.9 Å². The van der Waals surface area contributed by atoms with Crippen LogP contribution in [0.4, 0.5) is 8.78 Å². The fourth-order valence-corrected chi connectivity index (χ4v) is 2.47. The summed E-state index contributed by atoms with van der Waals surface area (Å²) in [5.41, 5.74) is -0.687. The number of nitrogens with zero attached hydrogens (tertiary/aromatic N) is 1. The first-order chi connectivity index (χ1) is 11.3. The molecule has 0 bridgehead atoms. The van der Waals surface area contributed by atoms with Gasteiger partial charge in [0.1, 0.15) is 5.41 Å². The van der Waals surface area contributed by atoms with Gasteiger partial charge in [0.25, 0.3) is 0 Å². The van der Waals surface area contributed by atoms with Crippen LogP contribution in [-0.4, -0.2) is 42.1 Å². The van der Waals surface area contributed by atoms with Gasteiger partial charge in [-0.15, -0.1) is 0 Å². The molecule has 24 heavy (non-hydrogen) atoms. The van der Waals surface area contributed by atoms with Crippen LogP contribution >= 0.6 is 0 Å². The first kappa shape index (κ1) is 18.0. The van der Waals surface area contributed by atoms with Gasteiger partial charge in [-0.1, -0.05) is 6.07 Å². The fraction of sp³-hybridized carbons (Fsp3) is 0.500. The summed E-state index contributed by atoms with van der Waals surface area (Å²) in [5.74, 6) is -1.51. The maximum Gasteiger partial charge on any atom is 0.387 e. The number of aliphatic carboxylic acids is 1. The minimum atomic E-state index is -2.97. The summed E-state index contributed by atoms with van der Waals surface area (Å²) in [4.78, 5) is 24.8. The average molecular weight is 343 g/mol. The van der Waals surface area contributed by atoms with Gasteiger partial charge in [-0.25, -0.2) is 0 Å². The zero-order valence-electron chi connectivity index (χ0n) is 13.4. The molecule has 132 valence electrons. The zero-order chi connectivity index (χ0) is 17.9. The van der Waals surface area contributed by atoms with Crippen LogP contribution in [-0.2, 0) is 16.1 Å². The normalized spacial score (nSPS) is 15.0. The van der Waals surface area contributed by atoms with Gasteiger partial charge >= 0.3 is 12.6 Å². The summed E-state index contributed by atoms with van der Waals surface area (Å²) < 4.78 is 34.4. The highest BCUT2D eigenvalue weighted by Gasteiger charge is 2.58. The molecule has 0 radical (unpaired) electrons. The van der Waals surface area contributed by atoms with Crippen molar-refractivity contribution < 1.29 is 33.0 Å². The molecular weight excluding hydrogens is 324 g/mol. The second kappa shape index (κ2) is 7.02. The predicted molar refractivity (Wildman–Crippen MR) is 80.0 cm³/mol. The molecule has 0 spiro atoms. The lowest BCUT2D eigenvalue weighted by atomic mass is 10.1. The Morgan fingerprint density at radius 1 is 1.33 bits per heavy atom. The van der Waals surface area contributed by atoms with Crippen LogP contribution in [0.15, 0.2) is 18.2 Å². The van der Waals surface area contributed by atoms with Crippen molar-refractivity contribution in [2.24, 2.45) is 5.41 Å². The summed E-state index contributed by atoms with van der Waals surface area (Å²) in [7, 11) is 1.51. The van der Waals surface area contributed by atoms with Gasteiger partial charge in [0.2, 0.25) is 5.91 Å². The molecule has 0 atom stereocenters.